The number of nitrogens with one attached hydrogen (secondary N) is 1. The van der Waals surface area contributed by atoms with Gasteiger partial charge in [-0.1, -0.05) is 0 Å². The maximum absolute atomic E-state index is 12.9. The van der Waals surface area contributed by atoms with Crippen molar-refractivity contribution in [2.24, 2.45) is 0 Å². The topological polar surface area (TPSA) is 54.7 Å². The van der Waals surface area contributed by atoms with E-state index >= 15 is 0 Å². The van der Waals surface area contributed by atoms with Crippen LogP contribution in [0.3, 0.4) is 0 Å². The van der Waals surface area contributed by atoms with E-state index in [9.17, 15) is 4.39 Å². The third-order valence-corrected chi connectivity index (χ3v) is 1.58. The molecule has 0 atom stereocenters. The Bertz CT molecular complexity index is 362. The number of aromatic amines is 1. The van der Waals surface area contributed by atoms with Crippen molar-refractivity contribution in [1.29, 1.82) is 0 Å². The van der Waals surface area contributed by atoms with Crippen LogP contribution in [0.15, 0.2) is 18.5 Å². The summed E-state index contributed by atoms with van der Waals surface area (Å²) in [6.07, 6.45) is 2.75. The third-order valence-electron chi connectivity index (χ3n) is 1.58. The Kier molecular flexibility index (Phi) is 2.19. The van der Waals surface area contributed by atoms with E-state index in [1.165, 1.54) is 0 Å². The van der Waals surface area contributed by atoms with E-state index in [1.54, 1.807) is 12.3 Å². The molecule has 3 N–H and O–H groups in total. The molecule has 0 saturated heterocycles. The van der Waals surface area contributed by atoms with Crippen LogP contribution in [0.4, 0.5) is 10.2 Å². The standard InChI is InChI=1S/C7H6FN3.ClH/c8-5-3-11-7(9)6-4(5)1-2-10-6;/h1-3,10H,(H2,9,11);1H. The molecule has 2 rings (SSSR count). The van der Waals surface area contributed by atoms with Gasteiger partial charge in [0.25, 0.3) is 0 Å². The van der Waals surface area contributed by atoms with Crippen molar-refractivity contribution >= 4 is 29.1 Å². The molecule has 0 fully saturated rings. The van der Waals surface area contributed by atoms with Gasteiger partial charge in [-0.25, -0.2) is 9.37 Å². The van der Waals surface area contributed by atoms with Crippen molar-refractivity contribution in [3.8, 4) is 0 Å². The number of pyridine rings is 1. The molecule has 3 nitrogen and oxygen atoms in total. The minimum absolute atomic E-state index is 0. The van der Waals surface area contributed by atoms with Gasteiger partial charge in [-0.3, -0.25) is 0 Å². The molecule has 0 aliphatic heterocycles. The maximum atomic E-state index is 12.9. The number of nitrogens with zero attached hydrogens (tertiary/aromatic N) is 1. The number of nitrogens with two attached hydrogens (primary N) is 1. The normalized spacial score (nSPS) is 9.75. The first kappa shape index (κ1) is 8.80. The smallest absolute Gasteiger partial charge is 0.151 e. The van der Waals surface area contributed by atoms with Gasteiger partial charge in [-0.2, -0.15) is 0 Å². The zero-order valence-corrected chi connectivity index (χ0v) is 6.86. The molecule has 2 heterocycles. The molecule has 0 spiro atoms. The van der Waals surface area contributed by atoms with E-state index in [2.05, 4.69) is 9.97 Å². The van der Waals surface area contributed by atoms with E-state index in [0.717, 1.165) is 6.20 Å². The van der Waals surface area contributed by atoms with Crippen LogP contribution in [-0.2, 0) is 0 Å². The fraction of sp³-hybridized carbons (Fsp3) is 0. The highest BCUT2D eigenvalue weighted by atomic mass is 35.5. The van der Waals surface area contributed by atoms with Crippen LogP contribution in [0.2, 0.25) is 0 Å². The van der Waals surface area contributed by atoms with Crippen LogP contribution in [0.25, 0.3) is 10.9 Å². The summed E-state index contributed by atoms with van der Waals surface area (Å²) in [5.74, 6) is -0.0261. The van der Waals surface area contributed by atoms with Gasteiger partial charge in [0.15, 0.2) is 5.82 Å². The first-order valence-corrected chi connectivity index (χ1v) is 3.16. The summed E-state index contributed by atoms with van der Waals surface area (Å²) in [5.41, 5.74) is 6.02. The number of H-pyrrole nitrogens is 1. The van der Waals surface area contributed by atoms with E-state index in [1.807, 2.05) is 0 Å². The lowest BCUT2D eigenvalue weighted by Crippen LogP contribution is -1.92. The molecule has 0 saturated carbocycles. The van der Waals surface area contributed by atoms with Gasteiger partial charge >= 0.3 is 0 Å². The second kappa shape index (κ2) is 2.98. The fourth-order valence-electron chi connectivity index (χ4n) is 1.04. The van der Waals surface area contributed by atoms with E-state index in [0.29, 0.717) is 16.7 Å². The highest BCUT2D eigenvalue weighted by molar-refractivity contribution is 5.87. The Labute approximate surface area is 74.2 Å². The van der Waals surface area contributed by atoms with Gasteiger partial charge in [-0.15, -0.1) is 12.4 Å². The molecule has 0 bridgehead atoms. The van der Waals surface area contributed by atoms with Crippen LogP contribution in [0, 0.1) is 5.82 Å². The van der Waals surface area contributed by atoms with E-state index in [4.69, 9.17) is 5.73 Å². The largest absolute Gasteiger partial charge is 0.382 e. The van der Waals surface area contributed by atoms with E-state index < -0.39 is 0 Å². The summed E-state index contributed by atoms with van der Waals surface area (Å²) in [6, 6.07) is 1.63. The number of rotatable bonds is 0. The van der Waals surface area contributed by atoms with Crippen molar-refractivity contribution in [1.82, 2.24) is 9.97 Å². The first-order chi connectivity index (χ1) is 5.29. The number of hydrogen-bond donors (Lipinski definition) is 2. The molecule has 2 aromatic rings. The summed E-state index contributed by atoms with van der Waals surface area (Å²) in [6.45, 7) is 0. The summed E-state index contributed by atoms with van der Waals surface area (Å²) in [7, 11) is 0. The van der Waals surface area contributed by atoms with Crippen LogP contribution in [-0.4, -0.2) is 9.97 Å². The third kappa shape index (κ3) is 1.10. The van der Waals surface area contributed by atoms with Crippen molar-refractivity contribution in [2.45, 2.75) is 0 Å². The average molecular weight is 188 g/mol. The molecular weight excluding hydrogens is 181 g/mol. The zero-order valence-electron chi connectivity index (χ0n) is 6.04. The summed E-state index contributed by atoms with van der Waals surface area (Å²) >= 11 is 0. The Morgan fingerprint density at radius 3 is 2.92 bits per heavy atom. The molecular formula is C7H7ClFN3. The van der Waals surface area contributed by atoms with Crippen LogP contribution in [0.5, 0.6) is 0 Å². The number of hydrogen-bond acceptors (Lipinski definition) is 2. The van der Waals surface area contributed by atoms with Crippen molar-refractivity contribution in [3.63, 3.8) is 0 Å². The number of aromatic nitrogens is 2. The second-order valence-corrected chi connectivity index (χ2v) is 2.26. The van der Waals surface area contributed by atoms with Gasteiger partial charge in [0.05, 0.1) is 11.7 Å². The molecule has 0 unspecified atom stereocenters. The maximum Gasteiger partial charge on any atom is 0.151 e. The molecule has 0 aromatic carbocycles. The van der Waals surface area contributed by atoms with Gasteiger partial charge in [0.2, 0.25) is 0 Å². The predicted molar refractivity (Wildman–Crippen MR) is 47.7 cm³/mol. The number of nitrogen functional groups attached to an aromatic ring is 1. The highest BCUT2D eigenvalue weighted by Crippen LogP contribution is 2.18. The minimum atomic E-state index is -0.351. The Hall–Kier alpha value is -1.29. The van der Waals surface area contributed by atoms with Crippen LogP contribution in [0.1, 0.15) is 0 Å². The second-order valence-electron chi connectivity index (χ2n) is 2.26. The molecule has 5 heteroatoms. The lowest BCUT2D eigenvalue weighted by molar-refractivity contribution is 0.634. The molecule has 0 aliphatic rings. The highest BCUT2D eigenvalue weighted by Gasteiger charge is 2.04. The number of anilines is 1. The SMILES string of the molecule is Cl.Nc1ncc(F)c2cc[nH]c12. The Morgan fingerprint density at radius 1 is 1.50 bits per heavy atom. The summed E-state index contributed by atoms with van der Waals surface area (Å²) in [4.78, 5) is 6.45. The first-order valence-electron chi connectivity index (χ1n) is 3.16. The van der Waals surface area contributed by atoms with Gasteiger partial charge < -0.3 is 10.7 Å². The quantitative estimate of drug-likeness (QED) is 0.660. The molecule has 0 amide bonds. The predicted octanol–water partition coefficient (Wildman–Crippen LogP) is 1.71. The van der Waals surface area contributed by atoms with Gasteiger partial charge in [-0.05, 0) is 6.07 Å². The molecule has 0 aliphatic carbocycles. The van der Waals surface area contributed by atoms with Crippen molar-refractivity contribution < 1.29 is 4.39 Å². The van der Waals surface area contributed by atoms with Crippen molar-refractivity contribution in [2.75, 3.05) is 5.73 Å². The van der Waals surface area contributed by atoms with Crippen molar-refractivity contribution in [3.05, 3.63) is 24.3 Å². The Balaban J connectivity index is 0.000000720. The zero-order chi connectivity index (χ0) is 7.84. The average Bonchev–Trinajstić information content (AvgIpc) is 2.45. The molecule has 2 aromatic heterocycles. The number of halogens is 2. The van der Waals surface area contributed by atoms with Crippen LogP contribution < -0.4 is 5.73 Å². The monoisotopic (exact) mass is 187 g/mol. The number of fused-ring (bicyclic) bond motifs is 1. The molecule has 0 radical (unpaired) electrons. The summed E-state index contributed by atoms with van der Waals surface area (Å²) < 4.78 is 12.9. The lowest BCUT2D eigenvalue weighted by atomic mass is 10.3. The molecule has 12 heavy (non-hydrogen) atoms. The van der Waals surface area contributed by atoms with Crippen LogP contribution >= 0.6 is 12.4 Å². The van der Waals surface area contributed by atoms with Gasteiger partial charge in [0, 0.05) is 11.6 Å². The summed E-state index contributed by atoms with van der Waals surface area (Å²) in [5, 5.41) is 0.484. The lowest BCUT2D eigenvalue weighted by Gasteiger charge is -1.94. The Morgan fingerprint density at radius 2 is 2.25 bits per heavy atom. The van der Waals surface area contributed by atoms with E-state index in [-0.39, 0.29) is 18.2 Å². The minimum Gasteiger partial charge on any atom is -0.382 e. The molecule has 64 valence electrons. The fourth-order valence-corrected chi connectivity index (χ4v) is 1.04. The van der Waals surface area contributed by atoms with Gasteiger partial charge in [0.1, 0.15) is 5.82 Å².